The molecule has 1 atom stereocenters. The Morgan fingerprint density at radius 1 is 1.25 bits per heavy atom. The molecule has 1 rings (SSSR count). The summed E-state index contributed by atoms with van der Waals surface area (Å²) < 4.78 is 0. The Morgan fingerprint density at radius 2 is 1.81 bits per heavy atom. The van der Waals surface area contributed by atoms with Crippen molar-refractivity contribution in [1.82, 2.24) is 0 Å². The number of nitriles is 1. The van der Waals surface area contributed by atoms with E-state index in [0.29, 0.717) is 17.9 Å². The van der Waals surface area contributed by atoms with E-state index in [4.69, 9.17) is 5.26 Å². The fourth-order valence-corrected chi connectivity index (χ4v) is 1.50. The van der Waals surface area contributed by atoms with Crippen LogP contribution in [0.3, 0.4) is 0 Å². The lowest BCUT2D eigenvalue weighted by Gasteiger charge is -2.06. The highest BCUT2D eigenvalue weighted by Crippen LogP contribution is 2.16. The summed E-state index contributed by atoms with van der Waals surface area (Å²) in [5, 5.41) is 8.65. The third-order valence-corrected chi connectivity index (χ3v) is 2.61. The highest BCUT2D eigenvalue weighted by molar-refractivity contribution is 5.96. The maximum atomic E-state index is 11.7. The Labute approximate surface area is 96.9 Å². The number of nitrogens with zero attached hydrogens (tertiary/aromatic N) is 1. The summed E-state index contributed by atoms with van der Waals surface area (Å²) >= 11 is 0. The van der Waals surface area contributed by atoms with Crippen molar-refractivity contribution in [3.05, 3.63) is 35.4 Å². The van der Waals surface area contributed by atoms with E-state index in [1.807, 2.05) is 24.3 Å². The molecule has 2 heteroatoms. The van der Waals surface area contributed by atoms with E-state index in [0.717, 1.165) is 0 Å². The minimum Gasteiger partial charge on any atom is -0.294 e. The van der Waals surface area contributed by atoms with Crippen LogP contribution in [-0.4, -0.2) is 5.78 Å². The number of hydrogen-bond acceptors (Lipinski definition) is 2. The van der Waals surface area contributed by atoms with Crippen molar-refractivity contribution in [2.24, 2.45) is 5.92 Å². The van der Waals surface area contributed by atoms with Crippen LogP contribution >= 0.6 is 0 Å². The standard InChI is InChI=1S/C14H17NO/c1-10(2)12-4-6-13(7-5-12)14(16)8-11(3)9-15/h4-7,10-11H,8H2,1-3H3. The first-order valence-electron chi connectivity index (χ1n) is 5.57. The number of rotatable bonds is 4. The van der Waals surface area contributed by atoms with Gasteiger partial charge in [0, 0.05) is 12.0 Å². The van der Waals surface area contributed by atoms with Gasteiger partial charge in [-0.15, -0.1) is 0 Å². The van der Waals surface area contributed by atoms with Gasteiger partial charge in [0.2, 0.25) is 0 Å². The van der Waals surface area contributed by atoms with Gasteiger partial charge in [0.1, 0.15) is 0 Å². The summed E-state index contributed by atoms with van der Waals surface area (Å²) in [4.78, 5) is 11.7. The van der Waals surface area contributed by atoms with Crippen LogP contribution < -0.4 is 0 Å². The van der Waals surface area contributed by atoms with Crippen LogP contribution in [0.25, 0.3) is 0 Å². The molecule has 0 aliphatic rings. The van der Waals surface area contributed by atoms with Crippen molar-refractivity contribution in [3.63, 3.8) is 0 Å². The van der Waals surface area contributed by atoms with Crippen molar-refractivity contribution in [2.75, 3.05) is 0 Å². The van der Waals surface area contributed by atoms with Crippen LogP contribution in [-0.2, 0) is 0 Å². The summed E-state index contributed by atoms with van der Waals surface area (Å²) in [5.74, 6) is 0.309. The molecular formula is C14H17NO. The van der Waals surface area contributed by atoms with E-state index in [1.165, 1.54) is 5.56 Å². The smallest absolute Gasteiger partial charge is 0.164 e. The van der Waals surface area contributed by atoms with Gasteiger partial charge in [-0.05, 0) is 18.4 Å². The predicted octanol–water partition coefficient (Wildman–Crippen LogP) is 3.54. The number of benzene rings is 1. The SMILES string of the molecule is CC(C#N)CC(=O)c1ccc(C(C)C)cc1. The number of carbonyl (C=O) groups is 1. The Balaban J connectivity index is 2.75. The first kappa shape index (κ1) is 12.4. The average molecular weight is 215 g/mol. The highest BCUT2D eigenvalue weighted by Gasteiger charge is 2.10. The summed E-state index contributed by atoms with van der Waals surface area (Å²) in [7, 11) is 0. The zero-order valence-corrected chi connectivity index (χ0v) is 10.0. The largest absolute Gasteiger partial charge is 0.294 e. The second kappa shape index (κ2) is 5.46. The normalized spacial score (nSPS) is 12.2. The molecule has 1 aromatic rings. The van der Waals surface area contributed by atoms with E-state index in [1.54, 1.807) is 6.92 Å². The van der Waals surface area contributed by atoms with Crippen LogP contribution in [0, 0.1) is 17.2 Å². The number of hydrogen-bond donors (Lipinski definition) is 0. The zero-order chi connectivity index (χ0) is 12.1. The summed E-state index contributed by atoms with van der Waals surface area (Å²) in [6.45, 7) is 6.00. The van der Waals surface area contributed by atoms with Gasteiger partial charge in [-0.25, -0.2) is 0 Å². The Morgan fingerprint density at radius 3 is 2.25 bits per heavy atom. The molecule has 0 bridgehead atoms. The topological polar surface area (TPSA) is 40.9 Å². The molecule has 0 radical (unpaired) electrons. The molecule has 0 aromatic heterocycles. The maximum absolute atomic E-state index is 11.7. The van der Waals surface area contributed by atoms with Gasteiger partial charge in [-0.1, -0.05) is 38.1 Å². The van der Waals surface area contributed by atoms with Crippen molar-refractivity contribution in [1.29, 1.82) is 5.26 Å². The molecule has 0 fully saturated rings. The lowest BCUT2D eigenvalue weighted by Crippen LogP contribution is -2.04. The molecule has 0 saturated heterocycles. The van der Waals surface area contributed by atoms with Crippen molar-refractivity contribution in [3.8, 4) is 6.07 Å². The van der Waals surface area contributed by atoms with E-state index < -0.39 is 0 Å². The molecule has 0 spiro atoms. The first-order valence-corrected chi connectivity index (χ1v) is 5.57. The van der Waals surface area contributed by atoms with Crippen LogP contribution in [0.4, 0.5) is 0 Å². The third kappa shape index (κ3) is 3.20. The molecule has 0 aliphatic heterocycles. The molecule has 0 N–H and O–H groups in total. The molecule has 0 heterocycles. The quantitative estimate of drug-likeness (QED) is 0.721. The van der Waals surface area contributed by atoms with E-state index in [9.17, 15) is 4.79 Å². The molecule has 16 heavy (non-hydrogen) atoms. The van der Waals surface area contributed by atoms with Crippen molar-refractivity contribution >= 4 is 5.78 Å². The van der Waals surface area contributed by atoms with E-state index in [2.05, 4.69) is 19.9 Å². The molecule has 1 aromatic carbocycles. The second-order valence-electron chi connectivity index (χ2n) is 4.43. The number of carbonyl (C=O) groups excluding carboxylic acids is 1. The molecule has 0 aliphatic carbocycles. The molecule has 1 unspecified atom stereocenters. The number of Topliss-reactive ketones (excluding diaryl/α,β-unsaturated/α-hetero) is 1. The molecule has 0 saturated carbocycles. The maximum Gasteiger partial charge on any atom is 0.164 e. The van der Waals surface area contributed by atoms with Crippen LogP contribution in [0.15, 0.2) is 24.3 Å². The Hall–Kier alpha value is -1.62. The third-order valence-electron chi connectivity index (χ3n) is 2.61. The summed E-state index contributed by atoms with van der Waals surface area (Å²) in [5.41, 5.74) is 1.93. The first-order chi connectivity index (χ1) is 7.54. The predicted molar refractivity (Wildman–Crippen MR) is 64.3 cm³/mol. The van der Waals surface area contributed by atoms with Crippen LogP contribution in [0.5, 0.6) is 0 Å². The molecule has 0 amide bonds. The highest BCUT2D eigenvalue weighted by atomic mass is 16.1. The van der Waals surface area contributed by atoms with Gasteiger partial charge in [-0.2, -0.15) is 5.26 Å². The van der Waals surface area contributed by atoms with E-state index >= 15 is 0 Å². The van der Waals surface area contributed by atoms with Gasteiger partial charge in [-0.3, -0.25) is 4.79 Å². The minimum atomic E-state index is -0.211. The van der Waals surface area contributed by atoms with Gasteiger partial charge >= 0.3 is 0 Å². The van der Waals surface area contributed by atoms with Gasteiger partial charge in [0.25, 0.3) is 0 Å². The monoisotopic (exact) mass is 215 g/mol. The molecular weight excluding hydrogens is 198 g/mol. The van der Waals surface area contributed by atoms with Gasteiger partial charge in [0.05, 0.1) is 12.0 Å². The minimum absolute atomic E-state index is 0.0457. The van der Waals surface area contributed by atoms with Gasteiger partial charge in [0.15, 0.2) is 5.78 Å². The zero-order valence-electron chi connectivity index (χ0n) is 10.0. The number of ketones is 1. The van der Waals surface area contributed by atoms with E-state index in [-0.39, 0.29) is 11.7 Å². The fraction of sp³-hybridized carbons (Fsp3) is 0.429. The lowest BCUT2D eigenvalue weighted by atomic mass is 9.97. The van der Waals surface area contributed by atoms with Crippen molar-refractivity contribution < 1.29 is 4.79 Å². The van der Waals surface area contributed by atoms with Crippen LogP contribution in [0.2, 0.25) is 0 Å². The van der Waals surface area contributed by atoms with Crippen molar-refractivity contribution in [2.45, 2.75) is 33.1 Å². The fourth-order valence-electron chi connectivity index (χ4n) is 1.50. The van der Waals surface area contributed by atoms with Crippen LogP contribution in [0.1, 0.15) is 49.0 Å². The average Bonchev–Trinajstić information content (AvgIpc) is 2.28. The molecule has 2 nitrogen and oxygen atoms in total. The Bertz CT molecular complexity index is 398. The van der Waals surface area contributed by atoms with Gasteiger partial charge < -0.3 is 0 Å². The Kier molecular flexibility index (Phi) is 4.25. The molecule has 84 valence electrons. The summed E-state index contributed by atoms with van der Waals surface area (Å²) in [6.07, 6.45) is 0.303. The lowest BCUT2D eigenvalue weighted by molar-refractivity contribution is 0.0973. The second-order valence-corrected chi connectivity index (χ2v) is 4.43. The summed E-state index contributed by atoms with van der Waals surface area (Å²) in [6, 6.07) is 9.73.